The van der Waals surface area contributed by atoms with Crippen LogP contribution in [0.3, 0.4) is 0 Å². The molecule has 0 aliphatic carbocycles. The number of piperidine rings is 1. The number of hydrogen-bond donors (Lipinski definition) is 3. The van der Waals surface area contributed by atoms with Crippen molar-refractivity contribution in [3.8, 4) is 5.75 Å². The Labute approximate surface area is 180 Å². The zero-order valence-corrected chi connectivity index (χ0v) is 17.9. The summed E-state index contributed by atoms with van der Waals surface area (Å²) in [6.45, 7) is 1.49. The van der Waals surface area contributed by atoms with E-state index in [1.165, 1.54) is 11.3 Å². The van der Waals surface area contributed by atoms with Gasteiger partial charge in [0, 0.05) is 16.8 Å². The van der Waals surface area contributed by atoms with Crippen molar-refractivity contribution in [1.29, 1.82) is 0 Å². The fourth-order valence-corrected chi connectivity index (χ4v) is 5.83. The first-order chi connectivity index (χ1) is 14.5. The standard InChI is InChI=1S/C22H23N3O3S2/c26-18-6-1-16(2-7-18)3-8-19-15-24-22(29-19)25-17-4-9-20(10-5-17)30(27,28)21-11-13-23-14-12-21/h1-10,15,21,23,26H,11-14H2,(H,24,25)/b8-3+. The fraction of sp³-hybridized carbons (Fsp3) is 0.227. The molecule has 3 aromatic rings. The van der Waals surface area contributed by atoms with Gasteiger partial charge in [0.1, 0.15) is 5.75 Å². The average Bonchev–Trinajstić information content (AvgIpc) is 3.22. The Kier molecular flexibility index (Phi) is 6.17. The molecule has 1 fully saturated rings. The average molecular weight is 442 g/mol. The van der Waals surface area contributed by atoms with Gasteiger partial charge in [-0.3, -0.25) is 0 Å². The van der Waals surface area contributed by atoms with Crippen LogP contribution in [-0.2, 0) is 9.84 Å². The van der Waals surface area contributed by atoms with Gasteiger partial charge in [-0.05, 0) is 74.0 Å². The van der Waals surface area contributed by atoms with Gasteiger partial charge in [-0.25, -0.2) is 13.4 Å². The van der Waals surface area contributed by atoms with Crippen molar-refractivity contribution >= 4 is 44.1 Å². The number of anilines is 2. The Morgan fingerprint density at radius 1 is 1.03 bits per heavy atom. The predicted octanol–water partition coefficient (Wildman–Crippen LogP) is 4.29. The third-order valence-electron chi connectivity index (χ3n) is 5.02. The molecule has 1 saturated heterocycles. The number of sulfone groups is 1. The molecular weight excluding hydrogens is 418 g/mol. The van der Waals surface area contributed by atoms with E-state index in [1.807, 2.05) is 24.3 Å². The maximum atomic E-state index is 12.8. The van der Waals surface area contributed by atoms with E-state index < -0.39 is 9.84 Å². The monoisotopic (exact) mass is 441 g/mol. The van der Waals surface area contributed by atoms with Crippen LogP contribution in [0.15, 0.2) is 59.6 Å². The summed E-state index contributed by atoms with van der Waals surface area (Å²) in [7, 11) is -3.29. The number of hydrogen-bond acceptors (Lipinski definition) is 7. The number of rotatable bonds is 6. The van der Waals surface area contributed by atoms with Crippen LogP contribution in [0.25, 0.3) is 12.2 Å². The van der Waals surface area contributed by atoms with Gasteiger partial charge in [0.05, 0.1) is 10.1 Å². The number of phenols is 1. The zero-order chi connectivity index (χ0) is 21.0. The fourth-order valence-electron chi connectivity index (χ4n) is 3.33. The molecule has 0 bridgehead atoms. The number of aromatic hydroxyl groups is 1. The summed E-state index contributed by atoms with van der Waals surface area (Å²) < 4.78 is 25.6. The van der Waals surface area contributed by atoms with E-state index in [0.717, 1.165) is 34.3 Å². The summed E-state index contributed by atoms with van der Waals surface area (Å²) in [4.78, 5) is 5.73. The largest absolute Gasteiger partial charge is 0.508 e. The SMILES string of the molecule is O=S(=O)(c1ccc(Nc2ncc(/C=C/c3ccc(O)cc3)s2)cc1)C1CCNCC1. The molecule has 0 atom stereocenters. The molecule has 0 spiro atoms. The van der Waals surface area contributed by atoms with E-state index in [1.54, 1.807) is 42.6 Å². The van der Waals surface area contributed by atoms with E-state index in [-0.39, 0.29) is 11.0 Å². The minimum atomic E-state index is -3.29. The van der Waals surface area contributed by atoms with Crippen LogP contribution in [0, 0.1) is 0 Å². The molecule has 4 rings (SSSR count). The maximum absolute atomic E-state index is 12.8. The first-order valence-corrected chi connectivity index (χ1v) is 12.1. The van der Waals surface area contributed by atoms with Crippen LogP contribution in [0.1, 0.15) is 23.3 Å². The highest BCUT2D eigenvalue weighted by Gasteiger charge is 2.28. The third-order valence-corrected chi connectivity index (χ3v) is 8.17. The van der Waals surface area contributed by atoms with Crippen LogP contribution in [0.2, 0.25) is 0 Å². The molecule has 0 amide bonds. The van der Waals surface area contributed by atoms with Gasteiger partial charge in [0.15, 0.2) is 15.0 Å². The van der Waals surface area contributed by atoms with Gasteiger partial charge < -0.3 is 15.7 Å². The molecule has 30 heavy (non-hydrogen) atoms. The minimum Gasteiger partial charge on any atom is -0.508 e. The normalized spacial score (nSPS) is 15.5. The van der Waals surface area contributed by atoms with Crippen molar-refractivity contribution in [1.82, 2.24) is 10.3 Å². The summed E-state index contributed by atoms with van der Waals surface area (Å²) in [6, 6.07) is 13.9. The summed E-state index contributed by atoms with van der Waals surface area (Å²) >= 11 is 1.50. The highest BCUT2D eigenvalue weighted by Crippen LogP contribution is 2.27. The van der Waals surface area contributed by atoms with Crippen molar-refractivity contribution in [3.63, 3.8) is 0 Å². The Hall–Kier alpha value is -2.68. The number of phenolic OH excluding ortho intramolecular Hbond substituents is 1. The second kappa shape index (κ2) is 8.99. The molecular formula is C22H23N3O3S2. The molecule has 3 N–H and O–H groups in total. The van der Waals surface area contributed by atoms with Crippen LogP contribution >= 0.6 is 11.3 Å². The van der Waals surface area contributed by atoms with Crippen molar-refractivity contribution in [2.24, 2.45) is 0 Å². The Balaban J connectivity index is 1.41. The number of thiazole rings is 1. The van der Waals surface area contributed by atoms with Crippen molar-refractivity contribution in [2.75, 3.05) is 18.4 Å². The number of nitrogens with one attached hydrogen (secondary N) is 2. The molecule has 6 nitrogen and oxygen atoms in total. The molecule has 2 heterocycles. The quantitative estimate of drug-likeness (QED) is 0.529. The van der Waals surface area contributed by atoms with Crippen LogP contribution in [-0.4, -0.2) is 36.8 Å². The van der Waals surface area contributed by atoms with Crippen molar-refractivity contribution in [2.45, 2.75) is 23.0 Å². The van der Waals surface area contributed by atoms with Gasteiger partial charge in [-0.1, -0.05) is 29.5 Å². The highest BCUT2D eigenvalue weighted by atomic mass is 32.2. The van der Waals surface area contributed by atoms with Crippen LogP contribution < -0.4 is 10.6 Å². The van der Waals surface area contributed by atoms with E-state index in [9.17, 15) is 13.5 Å². The lowest BCUT2D eigenvalue weighted by molar-refractivity contribution is 0.475. The van der Waals surface area contributed by atoms with Gasteiger partial charge in [0.2, 0.25) is 0 Å². The lowest BCUT2D eigenvalue weighted by Crippen LogP contribution is -2.35. The molecule has 1 aromatic heterocycles. The molecule has 2 aromatic carbocycles. The first-order valence-electron chi connectivity index (χ1n) is 9.75. The molecule has 0 unspecified atom stereocenters. The van der Waals surface area contributed by atoms with Gasteiger partial charge in [0.25, 0.3) is 0 Å². The summed E-state index contributed by atoms with van der Waals surface area (Å²) in [6.07, 6.45) is 7.00. The maximum Gasteiger partial charge on any atom is 0.187 e. The molecule has 8 heteroatoms. The number of aromatic nitrogens is 1. The minimum absolute atomic E-state index is 0.242. The molecule has 1 aliphatic rings. The van der Waals surface area contributed by atoms with E-state index in [0.29, 0.717) is 17.7 Å². The lowest BCUT2D eigenvalue weighted by atomic mass is 10.2. The second-order valence-electron chi connectivity index (χ2n) is 7.14. The Bertz CT molecular complexity index is 1120. The lowest BCUT2D eigenvalue weighted by Gasteiger charge is -2.22. The predicted molar refractivity (Wildman–Crippen MR) is 122 cm³/mol. The van der Waals surface area contributed by atoms with E-state index in [4.69, 9.17) is 0 Å². The second-order valence-corrected chi connectivity index (χ2v) is 10.4. The third kappa shape index (κ3) is 4.89. The summed E-state index contributed by atoms with van der Waals surface area (Å²) in [5.74, 6) is 0.242. The molecule has 0 saturated carbocycles. The van der Waals surface area contributed by atoms with Crippen LogP contribution in [0.4, 0.5) is 10.8 Å². The van der Waals surface area contributed by atoms with Gasteiger partial charge in [-0.15, -0.1) is 0 Å². The van der Waals surface area contributed by atoms with Crippen molar-refractivity contribution in [3.05, 3.63) is 65.2 Å². The first kappa shape index (κ1) is 20.6. The van der Waals surface area contributed by atoms with E-state index >= 15 is 0 Å². The highest BCUT2D eigenvalue weighted by molar-refractivity contribution is 7.92. The Morgan fingerprint density at radius 2 is 1.73 bits per heavy atom. The molecule has 1 aliphatic heterocycles. The number of benzene rings is 2. The van der Waals surface area contributed by atoms with Crippen LogP contribution in [0.5, 0.6) is 5.75 Å². The van der Waals surface area contributed by atoms with Gasteiger partial charge >= 0.3 is 0 Å². The number of nitrogens with zero attached hydrogens (tertiary/aromatic N) is 1. The van der Waals surface area contributed by atoms with E-state index in [2.05, 4.69) is 15.6 Å². The van der Waals surface area contributed by atoms with Gasteiger partial charge in [-0.2, -0.15) is 0 Å². The summed E-state index contributed by atoms with van der Waals surface area (Å²) in [5, 5.41) is 16.2. The summed E-state index contributed by atoms with van der Waals surface area (Å²) in [5.41, 5.74) is 1.78. The zero-order valence-electron chi connectivity index (χ0n) is 16.3. The molecule has 0 radical (unpaired) electrons. The topological polar surface area (TPSA) is 91.3 Å². The molecule has 156 valence electrons. The Morgan fingerprint density at radius 3 is 2.43 bits per heavy atom. The smallest absolute Gasteiger partial charge is 0.187 e. The van der Waals surface area contributed by atoms with Crippen molar-refractivity contribution < 1.29 is 13.5 Å².